The van der Waals surface area contributed by atoms with Gasteiger partial charge in [0.15, 0.2) is 17.5 Å². The zero-order valence-electron chi connectivity index (χ0n) is 9.64. The van der Waals surface area contributed by atoms with E-state index in [9.17, 15) is 18.0 Å². The first-order valence-electron chi connectivity index (χ1n) is 5.23. The Morgan fingerprint density at radius 3 is 2.61 bits per heavy atom. The molecule has 1 aromatic rings. The topological polar surface area (TPSA) is 61.4 Å². The molecule has 0 radical (unpaired) electrons. The van der Waals surface area contributed by atoms with E-state index in [0.717, 1.165) is 12.1 Å². The van der Waals surface area contributed by atoms with Gasteiger partial charge >= 0.3 is 0 Å². The second-order valence-electron chi connectivity index (χ2n) is 3.74. The largest absolute Gasteiger partial charge is 0.395 e. The highest BCUT2D eigenvalue weighted by molar-refractivity contribution is 5.92. The first-order chi connectivity index (χ1) is 8.45. The maximum absolute atomic E-state index is 13.2. The number of anilines is 1. The lowest BCUT2D eigenvalue weighted by molar-refractivity contribution is -0.115. The predicted octanol–water partition coefficient (Wildman–Crippen LogP) is 1.01. The zero-order chi connectivity index (χ0) is 13.7. The molecule has 0 aliphatic carbocycles. The van der Waals surface area contributed by atoms with Gasteiger partial charge in [0.05, 0.1) is 18.8 Å². The monoisotopic (exact) mass is 262 g/mol. The molecule has 1 amide bonds. The van der Waals surface area contributed by atoms with E-state index in [-0.39, 0.29) is 19.2 Å². The summed E-state index contributed by atoms with van der Waals surface area (Å²) in [5.41, 5.74) is -0.433. The summed E-state index contributed by atoms with van der Waals surface area (Å²) in [5.74, 6) is -5.03. The van der Waals surface area contributed by atoms with Crippen LogP contribution in [0, 0.1) is 17.5 Å². The summed E-state index contributed by atoms with van der Waals surface area (Å²) in [7, 11) is 0. The highest BCUT2D eigenvalue weighted by Gasteiger charge is 2.15. The molecule has 18 heavy (non-hydrogen) atoms. The van der Waals surface area contributed by atoms with E-state index in [0.29, 0.717) is 0 Å². The van der Waals surface area contributed by atoms with Crippen molar-refractivity contribution in [1.82, 2.24) is 5.32 Å². The van der Waals surface area contributed by atoms with Crippen molar-refractivity contribution < 1.29 is 23.1 Å². The highest BCUT2D eigenvalue weighted by Crippen LogP contribution is 2.19. The molecule has 7 heteroatoms. The Hall–Kier alpha value is -1.60. The second kappa shape index (κ2) is 6.36. The molecule has 0 aliphatic rings. The van der Waals surface area contributed by atoms with E-state index >= 15 is 0 Å². The summed E-state index contributed by atoms with van der Waals surface area (Å²) in [6, 6.07) is 1.35. The average molecular weight is 262 g/mol. The summed E-state index contributed by atoms with van der Waals surface area (Å²) < 4.78 is 38.7. The van der Waals surface area contributed by atoms with Crippen molar-refractivity contribution in [2.75, 3.05) is 18.5 Å². The zero-order valence-corrected chi connectivity index (χ0v) is 9.64. The van der Waals surface area contributed by atoms with Gasteiger partial charge in [0, 0.05) is 6.04 Å². The molecule has 4 nitrogen and oxygen atoms in total. The van der Waals surface area contributed by atoms with Crippen molar-refractivity contribution in [3.05, 3.63) is 29.6 Å². The first kappa shape index (κ1) is 14.5. The van der Waals surface area contributed by atoms with Gasteiger partial charge in [-0.25, -0.2) is 13.2 Å². The summed E-state index contributed by atoms with van der Waals surface area (Å²) >= 11 is 0. The molecule has 0 saturated carbocycles. The number of aliphatic hydroxyl groups is 1. The summed E-state index contributed by atoms with van der Waals surface area (Å²) in [6.07, 6.45) is 0. The maximum atomic E-state index is 13.2. The lowest BCUT2D eigenvalue weighted by Crippen LogP contribution is -2.36. The van der Waals surface area contributed by atoms with Crippen LogP contribution in [0.3, 0.4) is 0 Å². The van der Waals surface area contributed by atoms with Crippen LogP contribution in [0.25, 0.3) is 0 Å². The number of nitrogens with one attached hydrogen (secondary N) is 2. The van der Waals surface area contributed by atoms with Crippen molar-refractivity contribution in [2.24, 2.45) is 0 Å². The molecule has 1 atom stereocenters. The Morgan fingerprint density at radius 1 is 1.33 bits per heavy atom. The number of rotatable bonds is 5. The molecule has 0 aliphatic heterocycles. The molecule has 3 N–H and O–H groups in total. The Morgan fingerprint density at radius 2 is 2.00 bits per heavy atom. The van der Waals surface area contributed by atoms with E-state index in [4.69, 9.17) is 5.11 Å². The third kappa shape index (κ3) is 3.71. The Kier molecular flexibility index (Phi) is 5.11. The molecule has 1 rings (SSSR count). The standard InChI is InChI=1S/C11H13F3N2O2/c1-6(5-17)15-4-9(18)16-8-3-2-7(12)10(13)11(8)14/h2-3,6,15,17H,4-5H2,1H3,(H,16,18). The molecular formula is C11H13F3N2O2. The smallest absolute Gasteiger partial charge is 0.238 e. The minimum atomic E-state index is -1.63. The van der Waals surface area contributed by atoms with Crippen LogP contribution in [0.2, 0.25) is 0 Å². The van der Waals surface area contributed by atoms with Crippen LogP contribution in [0.15, 0.2) is 12.1 Å². The predicted molar refractivity (Wildman–Crippen MR) is 59.5 cm³/mol. The molecule has 0 aromatic heterocycles. The van der Waals surface area contributed by atoms with Gasteiger partial charge < -0.3 is 15.7 Å². The van der Waals surface area contributed by atoms with Crippen molar-refractivity contribution in [1.29, 1.82) is 0 Å². The van der Waals surface area contributed by atoms with Crippen LogP contribution in [0.5, 0.6) is 0 Å². The number of amides is 1. The van der Waals surface area contributed by atoms with E-state index in [1.54, 1.807) is 6.92 Å². The SMILES string of the molecule is CC(CO)NCC(=O)Nc1ccc(F)c(F)c1F. The Bertz CT molecular complexity index is 441. The molecule has 0 spiro atoms. The van der Waals surface area contributed by atoms with Gasteiger partial charge in [-0.05, 0) is 19.1 Å². The quantitative estimate of drug-likeness (QED) is 0.694. The van der Waals surface area contributed by atoms with Gasteiger partial charge in [0.1, 0.15) is 0 Å². The molecule has 0 saturated heterocycles. The Balaban J connectivity index is 2.63. The number of carbonyl (C=O) groups is 1. The molecule has 1 aromatic carbocycles. The van der Waals surface area contributed by atoms with Gasteiger partial charge in [-0.15, -0.1) is 0 Å². The van der Waals surface area contributed by atoms with Gasteiger partial charge in [-0.2, -0.15) is 0 Å². The number of benzene rings is 1. The molecular weight excluding hydrogens is 249 g/mol. The van der Waals surface area contributed by atoms with Crippen molar-refractivity contribution in [3.63, 3.8) is 0 Å². The average Bonchev–Trinajstić information content (AvgIpc) is 2.36. The minimum absolute atomic E-state index is 0.160. The van der Waals surface area contributed by atoms with E-state index < -0.39 is 29.0 Å². The van der Waals surface area contributed by atoms with E-state index in [1.807, 2.05) is 0 Å². The number of hydrogen-bond donors (Lipinski definition) is 3. The van der Waals surface area contributed by atoms with Crippen molar-refractivity contribution >= 4 is 11.6 Å². The van der Waals surface area contributed by atoms with E-state index in [1.165, 1.54) is 0 Å². The fourth-order valence-corrected chi connectivity index (χ4v) is 1.15. The summed E-state index contributed by atoms with van der Waals surface area (Å²) in [6.45, 7) is 1.30. The third-order valence-electron chi connectivity index (χ3n) is 2.19. The van der Waals surface area contributed by atoms with Gasteiger partial charge in [0.25, 0.3) is 0 Å². The minimum Gasteiger partial charge on any atom is -0.395 e. The molecule has 1 unspecified atom stereocenters. The van der Waals surface area contributed by atoms with Crippen LogP contribution < -0.4 is 10.6 Å². The Labute approximate surface area is 102 Å². The van der Waals surface area contributed by atoms with Crippen LogP contribution in [0.4, 0.5) is 18.9 Å². The number of carbonyl (C=O) groups excluding carboxylic acids is 1. The lowest BCUT2D eigenvalue weighted by atomic mass is 10.2. The lowest BCUT2D eigenvalue weighted by Gasteiger charge is -2.11. The first-order valence-corrected chi connectivity index (χ1v) is 5.23. The van der Waals surface area contributed by atoms with Crippen molar-refractivity contribution in [3.8, 4) is 0 Å². The van der Waals surface area contributed by atoms with Crippen molar-refractivity contribution in [2.45, 2.75) is 13.0 Å². The fraction of sp³-hybridized carbons (Fsp3) is 0.364. The second-order valence-corrected chi connectivity index (χ2v) is 3.74. The van der Waals surface area contributed by atoms with Gasteiger partial charge in [-0.3, -0.25) is 4.79 Å². The number of aliphatic hydroxyl groups excluding tert-OH is 1. The molecule has 0 heterocycles. The highest BCUT2D eigenvalue weighted by atomic mass is 19.2. The molecule has 0 bridgehead atoms. The van der Waals surface area contributed by atoms with Gasteiger partial charge in [0.2, 0.25) is 5.91 Å². The number of hydrogen-bond acceptors (Lipinski definition) is 3. The van der Waals surface area contributed by atoms with E-state index in [2.05, 4.69) is 10.6 Å². The fourth-order valence-electron chi connectivity index (χ4n) is 1.15. The normalized spacial score (nSPS) is 12.3. The van der Waals surface area contributed by atoms with Crippen LogP contribution in [-0.2, 0) is 4.79 Å². The molecule has 0 fully saturated rings. The van der Waals surface area contributed by atoms with Crippen LogP contribution >= 0.6 is 0 Å². The maximum Gasteiger partial charge on any atom is 0.238 e. The number of halogens is 3. The molecule has 100 valence electrons. The van der Waals surface area contributed by atoms with Crippen LogP contribution in [-0.4, -0.2) is 30.2 Å². The summed E-state index contributed by atoms with van der Waals surface area (Å²) in [4.78, 5) is 11.3. The third-order valence-corrected chi connectivity index (χ3v) is 2.19. The van der Waals surface area contributed by atoms with Gasteiger partial charge in [-0.1, -0.05) is 0 Å². The summed E-state index contributed by atoms with van der Waals surface area (Å²) in [5, 5.41) is 13.4. The van der Waals surface area contributed by atoms with Crippen LogP contribution in [0.1, 0.15) is 6.92 Å².